The van der Waals surface area contributed by atoms with Crippen LogP contribution in [0.25, 0.3) is 0 Å². The molecule has 23 heavy (non-hydrogen) atoms. The van der Waals surface area contributed by atoms with Crippen molar-refractivity contribution in [3.63, 3.8) is 0 Å². The van der Waals surface area contributed by atoms with Gasteiger partial charge < -0.3 is 0 Å². The third kappa shape index (κ3) is 3.57. The number of hydrogen-bond donors (Lipinski definition) is 1. The highest BCUT2D eigenvalue weighted by Gasteiger charge is 2.16. The number of rotatable bonds is 4. The Bertz CT molecular complexity index is 853. The lowest BCUT2D eigenvalue weighted by atomic mass is 10.1. The monoisotopic (exact) mass is 330 g/mol. The Hall–Kier alpha value is -2.67. The minimum atomic E-state index is -0.441. The maximum absolute atomic E-state index is 12.1. The minimum absolute atomic E-state index is 0.143. The van der Waals surface area contributed by atoms with E-state index in [0.29, 0.717) is 6.54 Å². The van der Waals surface area contributed by atoms with Gasteiger partial charge in [-0.05, 0) is 12.5 Å². The van der Waals surface area contributed by atoms with Gasteiger partial charge >= 0.3 is 0 Å². The molecule has 2 aromatic heterocycles. The zero-order valence-electron chi connectivity index (χ0n) is 12.7. The van der Waals surface area contributed by atoms with Gasteiger partial charge in [0.1, 0.15) is 6.33 Å². The van der Waals surface area contributed by atoms with Gasteiger partial charge in [0.05, 0.1) is 11.6 Å². The molecule has 3 rings (SSSR count). The summed E-state index contributed by atoms with van der Waals surface area (Å²) in [6.45, 7) is 2.61. The number of nitrogens with one attached hydrogen (secondary N) is 1. The van der Waals surface area contributed by atoms with Gasteiger partial charge in [0.2, 0.25) is 5.95 Å². The SMILES string of the molecule is Cc1cccc(Cn2cnc(NC(=O)c3nn(C)cc3Cl)n2)c1. The van der Waals surface area contributed by atoms with Crippen LogP contribution in [-0.2, 0) is 13.6 Å². The van der Waals surface area contributed by atoms with Crippen molar-refractivity contribution in [2.75, 3.05) is 5.32 Å². The number of halogens is 1. The summed E-state index contributed by atoms with van der Waals surface area (Å²) in [6.07, 6.45) is 3.12. The first-order chi connectivity index (χ1) is 11.0. The molecule has 7 nitrogen and oxygen atoms in total. The lowest BCUT2D eigenvalue weighted by molar-refractivity contribution is 0.102. The van der Waals surface area contributed by atoms with Crippen molar-refractivity contribution in [1.29, 1.82) is 0 Å². The normalized spacial score (nSPS) is 10.7. The number of aryl methyl sites for hydroxylation is 2. The molecule has 8 heteroatoms. The summed E-state index contributed by atoms with van der Waals surface area (Å²) in [7, 11) is 1.69. The van der Waals surface area contributed by atoms with E-state index < -0.39 is 5.91 Å². The van der Waals surface area contributed by atoms with E-state index in [1.54, 1.807) is 24.3 Å². The number of carbonyl (C=O) groups excluding carboxylic acids is 1. The van der Waals surface area contributed by atoms with Gasteiger partial charge in [-0.2, -0.15) is 5.10 Å². The van der Waals surface area contributed by atoms with E-state index in [1.165, 1.54) is 10.2 Å². The molecule has 0 saturated heterocycles. The average Bonchev–Trinajstić information content (AvgIpc) is 3.05. The van der Waals surface area contributed by atoms with E-state index in [9.17, 15) is 4.79 Å². The molecule has 0 spiro atoms. The summed E-state index contributed by atoms with van der Waals surface area (Å²) in [5, 5.41) is 11.1. The Morgan fingerprint density at radius 1 is 1.35 bits per heavy atom. The van der Waals surface area contributed by atoms with Crippen LogP contribution in [0.5, 0.6) is 0 Å². The molecule has 3 aromatic rings. The highest BCUT2D eigenvalue weighted by Crippen LogP contribution is 2.14. The molecule has 0 unspecified atom stereocenters. The Morgan fingerprint density at radius 3 is 2.87 bits per heavy atom. The third-order valence-electron chi connectivity index (χ3n) is 3.19. The summed E-state index contributed by atoms with van der Waals surface area (Å²) in [5.41, 5.74) is 2.44. The molecule has 0 saturated carbocycles. The second-order valence-corrected chi connectivity index (χ2v) is 5.62. The molecule has 1 N–H and O–H groups in total. The largest absolute Gasteiger partial charge is 0.288 e. The van der Waals surface area contributed by atoms with Crippen LogP contribution in [0.1, 0.15) is 21.6 Å². The molecular weight excluding hydrogens is 316 g/mol. The standard InChI is InChI=1S/C15H15ClN6O/c1-10-4-3-5-11(6-10)7-22-9-17-15(20-22)18-14(23)13-12(16)8-21(2)19-13/h3-6,8-9H,7H2,1-2H3,(H,18,20,23). The van der Waals surface area contributed by atoms with Gasteiger partial charge in [-0.1, -0.05) is 41.4 Å². The number of nitrogens with zero attached hydrogens (tertiary/aromatic N) is 5. The first-order valence-electron chi connectivity index (χ1n) is 6.97. The molecule has 0 aliphatic carbocycles. The lowest BCUT2D eigenvalue weighted by Crippen LogP contribution is -2.15. The van der Waals surface area contributed by atoms with Gasteiger partial charge in [-0.25, -0.2) is 9.67 Å². The van der Waals surface area contributed by atoms with Crippen LogP contribution >= 0.6 is 11.6 Å². The van der Waals surface area contributed by atoms with Gasteiger partial charge in [0, 0.05) is 13.2 Å². The molecule has 0 radical (unpaired) electrons. The average molecular weight is 331 g/mol. The zero-order valence-corrected chi connectivity index (χ0v) is 13.4. The maximum Gasteiger partial charge on any atom is 0.280 e. The van der Waals surface area contributed by atoms with Crippen molar-refractivity contribution < 1.29 is 4.79 Å². The van der Waals surface area contributed by atoms with Crippen LogP contribution in [0, 0.1) is 6.92 Å². The molecule has 0 aliphatic heterocycles. The smallest absolute Gasteiger partial charge is 0.280 e. The van der Waals surface area contributed by atoms with E-state index in [4.69, 9.17) is 11.6 Å². The van der Waals surface area contributed by atoms with Crippen LogP contribution in [0.2, 0.25) is 5.02 Å². The zero-order chi connectivity index (χ0) is 16.4. The molecule has 1 amide bonds. The van der Waals surface area contributed by atoms with Crippen molar-refractivity contribution in [2.24, 2.45) is 7.05 Å². The summed E-state index contributed by atoms with van der Waals surface area (Å²) in [4.78, 5) is 16.2. The molecular formula is C15H15ClN6O. The van der Waals surface area contributed by atoms with Crippen molar-refractivity contribution >= 4 is 23.5 Å². The van der Waals surface area contributed by atoms with Crippen LogP contribution in [0.3, 0.4) is 0 Å². The van der Waals surface area contributed by atoms with Crippen molar-refractivity contribution in [3.8, 4) is 0 Å². The second kappa shape index (κ2) is 6.21. The topological polar surface area (TPSA) is 77.6 Å². The highest BCUT2D eigenvalue weighted by atomic mass is 35.5. The van der Waals surface area contributed by atoms with Crippen molar-refractivity contribution in [1.82, 2.24) is 24.5 Å². The Balaban J connectivity index is 1.70. The number of aromatic nitrogens is 5. The minimum Gasteiger partial charge on any atom is -0.288 e. The Labute approximate surface area is 137 Å². The fourth-order valence-electron chi connectivity index (χ4n) is 2.20. The Morgan fingerprint density at radius 2 is 2.17 bits per heavy atom. The molecule has 0 atom stereocenters. The summed E-state index contributed by atoms with van der Waals surface area (Å²) in [5.74, 6) is -0.228. The molecule has 0 bridgehead atoms. The second-order valence-electron chi connectivity index (χ2n) is 5.21. The van der Waals surface area contributed by atoms with Gasteiger partial charge in [0.25, 0.3) is 5.91 Å². The fraction of sp³-hybridized carbons (Fsp3) is 0.200. The van der Waals surface area contributed by atoms with Crippen molar-refractivity contribution in [2.45, 2.75) is 13.5 Å². The number of amides is 1. The van der Waals surface area contributed by atoms with Gasteiger partial charge in [-0.3, -0.25) is 14.8 Å². The third-order valence-corrected chi connectivity index (χ3v) is 3.46. The number of hydrogen-bond acceptors (Lipinski definition) is 4. The quantitative estimate of drug-likeness (QED) is 0.796. The van der Waals surface area contributed by atoms with Gasteiger partial charge in [-0.15, -0.1) is 5.10 Å². The summed E-state index contributed by atoms with van der Waals surface area (Å²) in [6, 6.07) is 8.12. The fourth-order valence-corrected chi connectivity index (χ4v) is 2.46. The number of anilines is 1. The van der Waals surface area contributed by atoms with E-state index in [1.807, 2.05) is 25.1 Å². The van der Waals surface area contributed by atoms with Gasteiger partial charge in [0.15, 0.2) is 5.69 Å². The first kappa shape index (κ1) is 15.2. The maximum atomic E-state index is 12.1. The van der Waals surface area contributed by atoms with Crippen LogP contribution < -0.4 is 5.32 Å². The van der Waals surface area contributed by atoms with E-state index >= 15 is 0 Å². The molecule has 0 aliphatic rings. The lowest BCUT2D eigenvalue weighted by Gasteiger charge is -2.02. The number of carbonyl (C=O) groups is 1. The highest BCUT2D eigenvalue weighted by molar-refractivity contribution is 6.34. The van der Waals surface area contributed by atoms with Crippen LogP contribution in [-0.4, -0.2) is 30.5 Å². The van der Waals surface area contributed by atoms with Crippen molar-refractivity contribution in [3.05, 3.63) is 58.6 Å². The molecule has 1 aromatic carbocycles. The van der Waals surface area contributed by atoms with Crippen LogP contribution in [0.4, 0.5) is 5.95 Å². The van der Waals surface area contributed by atoms with Crippen LogP contribution in [0.15, 0.2) is 36.8 Å². The van der Waals surface area contributed by atoms with E-state index in [2.05, 4.69) is 26.6 Å². The Kier molecular flexibility index (Phi) is 4.12. The predicted molar refractivity (Wildman–Crippen MR) is 86.5 cm³/mol. The van der Waals surface area contributed by atoms with E-state index in [-0.39, 0.29) is 16.7 Å². The molecule has 2 heterocycles. The predicted octanol–water partition coefficient (Wildman–Crippen LogP) is 2.27. The summed E-state index contributed by atoms with van der Waals surface area (Å²) >= 11 is 5.94. The molecule has 118 valence electrons. The van der Waals surface area contributed by atoms with E-state index in [0.717, 1.165) is 5.56 Å². The molecule has 0 fully saturated rings. The number of benzene rings is 1. The first-order valence-corrected chi connectivity index (χ1v) is 7.34. The summed E-state index contributed by atoms with van der Waals surface area (Å²) < 4.78 is 3.13.